The van der Waals surface area contributed by atoms with Gasteiger partial charge in [-0.15, -0.1) is 0 Å². The predicted molar refractivity (Wildman–Crippen MR) is 189 cm³/mol. The molecule has 0 saturated heterocycles. The number of ether oxygens (including phenoxy) is 1. The molecule has 12 heteroatoms. The maximum absolute atomic E-state index is 12.9. The molecule has 1 saturated carbocycles. The van der Waals surface area contributed by atoms with Gasteiger partial charge in [0, 0.05) is 29.8 Å². The number of rotatable bonds is 13. The van der Waals surface area contributed by atoms with E-state index in [0.717, 1.165) is 53.5 Å². The Hall–Kier alpha value is -5.35. The average molecular weight is 665 g/mol. The number of alkyl carbamates (subject to hydrolysis) is 1. The SMILES string of the molecule is CC[C@H](NC(=O)OCC1c2ccccc2-c2ccccc21)/C(CN=[N+]=[N-])=N/NC(=O)NCC1CCC(C(=O)NCc2ccc(C)cc2)CC1. The van der Waals surface area contributed by atoms with Crippen LogP contribution in [-0.2, 0) is 16.1 Å². The Balaban J connectivity index is 1.07. The molecule has 2 aliphatic rings. The summed E-state index contributed by atoms with van der Waals surface area (Å²) in [7, 11) is 0. The van der Waals surface area contributed by atoms with Crippen LogP contribution in [0, 0.1) is 18.8 Å². The first-order chi connectivity index (χ1) is 23.9. The fraction of sp³-hybridized carbons (Fsp3) is 0.405. The Morgan fingerprint density at radius 2 is 1.57 bits per heavy atom. The zero-order chi connectivity index (χ0) is 34.6. The summed E-state index contributed by atoms with van der Waals surface area (Å²) in [6, 6.07) is 23.2. The molecule has 4 amide bonds. The summed E-state index contributed by atoms with van der Waals surface area (Å²) < 4.78 is 5.68. The molecule has 3 aromatic rings. The lowest BCUT2D eigenvalue weighted by Crippen LogP contribution is -2.44. The van der Waals surface area contributed by atoms with Gasteiger partial charge < -0.3 is 20.7 Å². The van der Waals surface area contributed by atoms with E-state index in [4.69, 9.17) is 10.3 Å². The van der Waals surface area contributed by atoms with Gasteiger partial charge in [-0.1, -0.05) is 90.4 Å². The number of nitrogens with zero attached hydrogens (tertiary/aromatic N) is 4. The molecule has 0 bridgehead atoms. The molecule has 2 aliphatic carbocycles. The van der Waals surface area contributed by atoms with Crippen LogP contribution >= 0.6 is 0 Å². The molecule has 1 atom stereocenters. The number of hydrogen-bond donors (Lipinski definition) is 4. The van der Waals surface area contributed by atoms with Crippen molar-refractivity contribution in [1.29, 1.82) is 0 Å². The first kappa shape index (κ1) is 35.0. The standard InChI is InChI=1S/C37H44N8O4/c1-3-33(42-37(48)49-23-32-30-10-6-4-8-28(30)29-9-5-7-11-31(29)32)34(22-41-45-38)43-44-36(47)40-21-26-16-18-27(19-17-26)35(46)39-20-25-14-12-24(2)13-15-25/h4-15,26-27,32-33H,3,16-23H2,1-2H3,(H,39,46)(H,42,48)(H2,40,44,47)/b43-34+/t26?,27?,33-/m0/s1. The highest BCUT2D eigenvalue weighted by Gasteiger charge is 2.30. The van der Waals surface area contributed by atoms with Crippen molar-refractivity contribution in [2.45, 2.75) is 64.5 Å². The number of carbonyl (C=O) groups excluding carboxylic acids is 3. The first-order valence-corrected chi connectivity index (χ1v) is 16.9. The summed E-state index contributed by atoms with van der Waals surface area (Å²) in [4.78, 5) is 41.1. The molecule has 0 spiro atoms. The summed E-state index contributed by atoms with van der Waals surface area (Å²) in [6.07, 6.45) is 2.98. The van der Waals surface area contributed by atoms with Crippen molar-refractivity contribution in [2.75, 3.05) is 19.7 Å². The van der Waals surface area contributed by atoms with Gasteiger partial charge in [-0.25, -0.2) is 15.0 Å². The monoisotopic (exact) mass is 664 g/mol. The molecule has 0 unspecified atom stereocenters. The number of benzene rings is 3. The number of hydrogen-bond acceptors (Lipinski definition) is 6. The van der Waals surface area contributed by atoms with Gasteiger partial charge in [-0.05, 0) is 78.3 Å². The van der Waals surface area contributed by atoms with Crippen molar-refractivity contribution in [3.63, 3.8) is 0 Å². The number of nitrogens with one attached hydrogen (secondary N) is 4. The van der Waals surface area contributed by atoms with Gasteiger partial charge in [0.2, 0.25) is 5.91 Å². The predicted octanol–water partition coefficient (Wildman–Crippen LogP) is 6.70. The highest BCUT2D eigenvalue weighted by Crippen LogP contribution is 2.44. The lowest BCUT2D eigenvalue weighted by molar-refractivity contribution is -0.126. The number of carbonyl (C=O) groups is 3. The van der Waals surface area contributed by atoms with E-state index in [2.05, 4.69) is 60.8 Å². The van der Waals surface area contributed by atoms with Crippen LogP contribution in [0.3, 0.4) is 0 Å². The largest absolute Gasteiger partial charge is 0.449 e. The van der Waals surface area contributed by atoms with E-state index in [1.807, 2.05) is 62.4 Å². The van der Waals surface area contributed by atoms with Gasteiger partial charge in [0.15, 0.2) is 0 Å². The van der Waals surface area contributed by atoms with Crippen molar-refractivity contribution in [3.8, 4) is 11.1 Å². The quantitative estimate of drug-likeness (QED) is 0.0524. The third kappa shape index (κ3) is 9.39. The second kappa shape index (κ2) is 17.2. The summed E-state index contributed by atoms with van der Waals surface area (Å²) in [5.74, 6) is 0.204. The van der Waals surface area contributed by atoms with Crippen molar-refractivity contribution in [3.05, 3.63) is 105 Å². The molecule has 0 heterocycles. The fourth-order valence-electron chi connectivity index (χ4n) is 6.60. The molecule has 256 valence electrons. The highest BCUT2D eigenvalue weighted by atomic mass is 16.5. The Morgan fingerprint density at radius 3 is 2.20 bits per heavy atom. The third-order valence-electron chi connectivity index (χ3n) is 9.40. The number of urea groups is 1. The van der Waals surface area contributed by atoms with Crippen LogP contribution in [0.15, 0.2) is 83.0 Å². The van der Waals surface area contributed by atoms with E-state index in [-0.39, 0.29) is 36.8 Å². The maximum Gasteiger partial charge on any atom is 0.407 e. The van der Waals surface area contributed by atoms with Crippen molar-refractivity contribution < 1.29 is 19.1 Å². The minimum atomic E-state index is -0.633. The summed E-state index contributed by atoms with van der Waals surface area (Å²) in [5, 5.41) is 16.5. The minimum Gasteiger partial charge on any atom is -0.449 e. The van der Waals surface area contributed by atoms with Crippen molar-refractivity contribution >= 4 is 23.7 Å². The second-order valence-electron chi connectivity index (χ2n) is 12.7. The Labute approximate surface area is 286 Å². The van der Waals surface area contributed by atoms with Gasteiger partial charge in [0.1, 0.15) is 6.61 Å². The molecule has 5 rings (SSSR count). The van der Waals surface area contributed by atoms with Crippen LogP contribution in [0.2, 0.25) is 0 Å². The van der Waals surface area contributed by atoms with E-state index >= 15 is 0 Å². The average Bonchev–Trinajstić information content (AvgIpc) is 3.45. The molecule has 1 fully saturated rings. The van der Waals surface area contributed by atoms with Gasteiger partial charge in [0.25, 0.3) is 0 Å². The third-order valence-corrected chi connectivity index (χ3v) is 9.40. The number of amides is 4. The maximum atomic E-state index is 12.9. The van der Waals surface area contributed by atoms with E-state index in [0.29, 0.717) is 25.2 Å². The van der Waals surface area contributed by atoms with E-state index in [1.165, 1.54) is 5.56 Å². The lowest BCUT2D eigenvalue weighted by atomic mass is 9.81. The van der Waals surface area contributed by atoms with E-state index in [1.54, 1.807) is 0 Å². The minimum absolute atomic E-state index is 0.0293. The number of fused-ring (bicyclic) bond motifs is 3. The fourth-order valence-corrected chi connectivity index (χ4v) is 6.60. The first-order valence-electron chi connectivity index (χ1n) is 16.9. The Kier molecular flexibility index (Phi) is 12.3. The van der Waals surface area contributed by atoms with Gasteiger partial charge in [-0.3, -0.25) is 4.79 Å². The van der Waals surface area contributed by atoms with Crippen LogP contribution in [0.5, 0.6) is 0 Å². The molecule has 0 radical (unpaired) electrons. The summed E-state index contributed by atoms with van der Waals surface area (Å²) in [5.41, 5.74) is 18.5. The zero-order valence-electron chi connectivity index (χ0n) is 28.0. The smallest absolute Gasteiger partial charge is 0.407 e. The van der Waals surface area contributed by atoms with Gasteiger partial charge in [0.05, 0.1) is 18.3 Å². The van der Waals surface area contributed by atoms with Crippen LogP contribution in [0.25, 0.3) is 21.6 Å². The zero-order valence-corrected chi connectivity index (χ0v) is 28.0. The van der Waals surface area contributed by atoms with E-state index < -0.39 is 18.2 Å². The van der Waals surface area contributed by atoms with Gasteiger partial charge >= 0.3 is 12.1 Å². The van der Waals surface area contributed by atoms with Crippen molar-refractivity contribution in [1.82, 2.24) is 21.4 Å². The highest BCUT2D eigenvalue weighted by molar-refractivity contribution is 5.94. The van der Waals surface area contributed by atoms with E-state index in [9.17, 15) is 14.4 Å². The number of aryl methyl sites for hydroxylation is 1. The molecule has 0 aromatic heterocycles. The van der Waals surface area contributed by atoms with Crippen LogP contribution < -0.4 is 21.4 Å². The molecule has 49 heavy (non-hydrogen) atoms. The molecular formula is C37H44N8O4. The van der Waals surface area contributed by atoms with Crippen molar-refractivity contribution in [2.24, 2.45) is 22.1 Å². The topological polar surface area (TPSA) is 170 Å². The summed E-state index contributed by atoms with van der Waals surface area (Å²) >= 11 is 0. The molecule has 3 aromatic carbocycles. The summed E-state index contributed by atoms with van der Waals surface area (Å²) in [6.45, 7) is 4.85. The molecule has 12 nitrogen and oxygen atoms in total. The Morgan fingerprint density at radius 1 is 0.918 bits per heavy atom. The molecular weight excluding hydrogens is 620 g/mol. The molecule has 4 N–H and O–H groups in total. The Bertz CT molecular complexity index is 1650. The van der Waals surface area contributed by atoms with Crippen LogP contribution in [-0.4, -0.2) is 49.5 Å². The second-order valence-corrected chi connectivity index (χ2v) is 12.7. The lowest BCUT2D eigenvalue weighted by Gasteiger charge is -2.27. The number of hydrazone groups is 1. The molecule has 0 aliphatic heterocycles. The van der Waals surface area contributed by atoms with Gasteiger partial charge in [-0.2, -0.15) is 5.10 Å². The van der Waals surface area contributed by atoms with Crippen LogP contribution in [0.1, 0.15) is 67.2 Å². The van der Waals surface area contributed by atoms with Crippen LogP contribution in [0.4, 0.5) is 9.59 Å². The normalized spacial score (nSPS) is 17.5. The number of azide groups is 1.